The molecule has 6 heteroatoms. The summed E-state index contributed by atoms with van der Waals surface area (Å²) in [6.45, 7) is 4.79. The minimum atomic E-state index is -3.75. The summed E-state index contributed by atoms with van der Waals surface area (Å²) in [4.78, 5) is 0.263. The van der Waals surface area contributed by atoms with E-state index < -0.39 is 16.1 Å². The lowest BCUT2D eigenvalue weighted by molar-refractivity contribution is 0.433. The van der Waals surface area contributed by atoms with Crippen molar-refractivity contribution in [3.05, 3.63) is 139 Å². The van der Waals surface area contributed by atoms with Crippen molar-refractivity contribution in [2.75, 3.05) is 18.1 Å². The average molecular weight is 531 g/mol. The quantitative estimate of drug-likeness (QED) is 0.279. The summed E-state index contributed by atoms with van der Waals surface area (Å²) in [6.07, 6.45) is 8.63. The molecule has 37 heavy (non-hydrogen) atoms. The van der Waals surface area contributed by atoms with Gasteiger partial charge in [-0.1, -0.05) is 85.3 Å². The zero-order valence-electron chi connectivity index (χ0n) is 21.3. The van der Waals surface area contributed by atoms with Crippen LogP contribution in [-0.2, 0) is 10.0 Å². The molecule has 0 heterocycles. The predicted octanol–water partition coefficient (Wildman–Crippen LogP) is 6.08. The number of thioether (sulfide) groups is 1. The molecule has 1 saturated carbocycles. The first-order chi connectivity index (χ1) is 17.9. The Morgan fingerprint density at radius 1 is 0.730 bits per heavy atom. The monoisotopic (exact) mass is 530 g/mol. The van der Waals surface area contributed by atoms with Crippen molar-refractivity contribution >= 4 is 21.8 Å². The molecule has 4 nitrogen and oxygen atoms in total. The Morgan fingerprint density at radius 3 is 1.89 bits per heavy atom. The van der Waals surface area contributed by atoms with Gasteiger partial charge in [0, 0.05) is 18.1 Å². The normalized spacial score (nSPS) is 16.9. The van der Waals surface area contributed by atoms with Crippen LogP contribution in [0.3, 0.4) is 0 Å². The van der Waals surface area contributed by atoms with E-state index in [1.165, 1.54) is 11.8 Å². The van der Waals surface area contributed by atoms with E-state index in [0.29, 0.717) is 0 Å². The molecule has 0 aromatic heterocycles. The minimum Gasteiger partial charge on any atom is -0.307 e. The second kappa shape index (κ2) is 13.6. The summed E-state index contributed by atoms with van der Waals surface area (Å²) in [5.41, 5.74) is 2.96. The Labute approximate surface area is 227 Å². The Hall–Kier alpha value is -2.12. The molecule has 0 spiro atoms. The molecule has 192 valence electrons. The van der Waals surface area contributed by atoms with E-state index >= 15 is 0 Å². The van der Waals surface area contributed by atoms with E-state index in [9.17, 15) is 8.42 Å². The predicted molar refractivity (Wildman–Crippen MR) is 155 cm³/mol. The molecule has 0 aliphatic heterocycles. The Bertz CT molecular complexity index is 1180. The molecular formula is C31H34N2O2S2. The van der Waals surface area contributed by atoms with Crippen LogP contribution in [0.1, 0.15) is 35.7 Å². The van der Waals surface area contributed by atoms with Crippen LogP contribution in [0.2, 0.25) is 0 Å². The van der Waals surface area contributed by atoms with Gasteiger partial charge in [-0.05, 0) is 67.7 Å². The lowest BCUT2D eigenvalue weighted by Crippen LogP contribution is -2.39. The van der Waals surface area contributed by atoms with Crippen molar-refractivity contribution in [2.24, 2.45) is 0 Å². The van der Waals surface area contributed by atoms with Crippen LogP contribution in [0, 0.1) is 44.4 Å². The minimum absolute atomic E-state index is 0.246. The van der Waals surface area contributed by atoms with Crippen molar-refractivity contribution in [1.82, 2.24) is 10.0 Å². The maximum atomic E-state index is 13.5. The smallest absolute Gasteiger partial charge is 0.241 e. The highest BCUT2D eigenvalue weighted by molar-refractivity contribution is 7.99. The molecule has 1 fully saturated rings. The van der Waals surface area contributed by atoms with Gasteiger partial charge in [0.1, 0.15) is 0 Å². The van der Waals surface area contributed by atoms with Gasteiger partial charge in [0.05, 0.1) is 17.0 Å². The third kappa shape index (κ3) is 8.18. The zero-order valence-corrected chi connectivity index (χ0v) is 22.9. The van der Waals surface area contributed by atoms with E-state index in [4.69, 9.17) is 0 Å². The highest BCUT2D eigenvalue weighted by Gasteiger charge is 2.29. The first-order valence-electron chi connectivity index (χ1n) is 12.5. The van der Waals surface area contributed by atoms with Crippen LogP contribution < -0.4 is 10.0 Å². The number of benzene rings is 3. The van der Waals surface area contributed by atoms with Crippen LogP contribution in [0.4, 0.5) is 0 Å². The molecule has 2 atom stereocenters. The summed E-state index contributed by atoms with van der Waals surface area (Å²) in [7, 11) is -3.75. The zero-order chi connectivity index (χ0) is 26.1. The van der Waals surface area contributed by atoms with Crippen molar-refractivity contribution in [1.29, 1.82) is 0 Å². The average Bonchev–Trinajstić information content (AvgIpc) is 2.92. The number of nitrogens with one attached hydrogen (secondary N) is 2. The maximum absolute atomic E-state index is 13.5. The summed E-state index contributed by atoms with van der Waals surface area (Å²) < 4.78 is 30.0. The van der Waals surface area contributed by atoms with Gasteiger partial charge in [0.2, 0.25) is 10.0 Å². The number of aryl methyl sites for hydroxylation is 1. The summed E-state index contributed by atoms with van der Waals surface area (Å²) in [5.74, 6) is 4.42. The fraction of sp³-hybridized carbons (Fsp3) is 0.226. The van der Waals surface area contributed by atoms with Crippen molar-refractivity contribution in [2.45, 2.75) is 30.8 Å². The van der Waals surface area contributed by atoms with Gasteiger partial charge in [-0.2, -0.15) is 11.8 Å². The van der Waals surface area contributed by atoms with Gasteiger partial charge in [0.25, 0.3) is 0 Å². The molecule has 2 N–H and O–H groups in total. The van der Waals surface area contributed by atoms with E-state index in [1.807, 2.05) is 91.5 Å². The number of hydrogen-bond donors (Lipinski definition) is 2. The number of rotatable bonds is 12. The molecule has 0 saturated heterocycles. The molecular weight excluding hydrogens is 496 g/mol. The third-order valence-electron chi connectivity index (χ3n) is 6.26. The van der Waals surface area contributed by atoms with Gasteiger partial charge in [-0.25, -0.2) is 13.1 Å². The third-order valence-corrected chi connectivity index (χ3v) is 8.75. The highest BCUT2D eigenvalue weighted by atomic mass is 32.2. The largest absolute Gasteiger partial charge is 0.307 e. The fourth-order valence-electron chi connectivity index (χ4n) is 4.19. The molecule has 1 aliphatic carbocycles. The standard InChI is InChI=1S/C31H34N2O2S2/c1-24-13-17-26(18-14-24)23-36-22-21-32-30(27-9-5-3-6-10-27)31(28-11-7-4-8-12-28)33-37(34,35)29-19-15-25(2)16-20-29/h3-20,30-33H,21-23H2,1-2H3/t30-,31-/m1/s1. The maximum Gasteiger partial charge on any atom is 0.241 e. The summed E-state index contributed by atoms with van der Waals surface area (Å²) in [6, 6.07) is 26.1. The highest BCUT2D eigenvalue weighted by Crippen LogP contribution is 2.32. The van der Waals surface area contributed by atoms with Gasteiger partial charge in [-0.3, -0.25) is 0 Å². The van der Waals surface area contributed by atoms with Crippen LogP contribution in [-0.4, -0.2) is 26.5 Å². The molecule has 4 rings (SSSR count). The lowest BCUT2D eigenvalue weighted by Gasteiger charge is -2.30. The Morgan fingerprint density at radius 2 is 1.30 bits per heavy atom. The molecule has 3 aromatic rings. The fourth-order valence-corrected chi connectivity index (χ4v) is 6.26. The SMILES string of the molecule is C[C]1[CH][CH][C](CSCCN[C@H](c2ccccc2)[C@H](NS(=O)(=O)c2ccc(C)cc2)c2ccccc2)[CH][CH]1. The molecule has 6 radical (unpaired) electrons. The molecule has 1 aliphatic rings. The van der Waals surface area contributed by atoms with Crippen LogP contribution in [0.15, 0.2) is 89.8 Å². The van der Waals surface area contributed by atoms with E-state index in [0.717, 1.165) is 34.7 Å². The van der Waals surface area contributed by atoms with Gasteiger partial charge >= 0.3 is 0 Å². The van der Waals surface area contributed by atoms with Crippen LogP contribution >= 0.6 is 11.8 Å². The number of sulfonamides is 1. The molecule has 0 amide bonds. The molecule has 0 bridgehead atoms. The summed E-state index contributed by atoms with van der Waals surface area (Å²) >= 11 is 1.87. The van der Waals surface area contributed by atoms with Gasteiger partial charge in [-0.15, -0.1) is 0 Å². The second-order valence-corrected chi connectivity index (χ2v) is 12.0. The van der Waals surface area contributed by atoms with E-state index in [1.54, 1.807) is 12.1 Å². The lowest BCUT2D eigenvalue weighted by atomic mass is 9.84. The van der Waals surface area contributed by atoms with Crippen molar-refractivity contribution in [3.8, 4) is 0 Å². The van der Waals surface area contributed by atoms with E-state index in [-0.39, 0.29) is 10.9 Å². The van der Waals surface area contributed by atoms with Crippen molar-refractivity contribution in [3.63, 3.8) is 0 Å². The first-order valence-corrected chi connectivity index (χ1v) is 15.1. The van der Waals surface area contributed by atoms with Crippen LogP contribution in [0.25, 0.3) is 0 Å². The number of hydrogen-bond acceptors (Lipinski definition) is 4. The van der Waals surface area contributed by atoms with E-state index in [2.05, 4.69) is 42.6 Å². The molecule has 3 aromatic carbocycles. The van der Waals surface area contributed by atoms with Gasteiger partial charge < -0.3 is 5.32 Å². The van der Waals surface area contributed by atoms with Crippen LogP contribution in [0.5, 0.6) is 0 Å². The Kier molecular flexibility index (Phi) is 10.3. The van der Waals surface area contributed by atoms with Gasteiger partial charge in [0.15, 0.2) is 0 Å². The Balaban J connectivity index is 1.51. The molecule has 0 unspecified atom stereocenters. The van der Waals surface area contributed by atoms with Crippen molar-refractivity contribution < 1.29 is 8.42 Å². The second-order valence-electron chi connectivity index (χ2n) is 9.20. The topological polar surface area (TPSA) is 58.2 Å². The first kappa shape index (κ1) is 27.9. The summed E-state index contributed by atoms with van der Waals surface area (Å²) in [5, 5.41) is 3.67.